The molecule has 2 heterocycles. The van der Waals surface area contributed by atoms with Crippen molar-refractivity contribution in [3.05, 3.63) is 16.1 Å². The van der Waals surface area contributed by atoms with E-state index in [0.29, 0.717) is 13.1 Å². The molecule has 2 rings (SSSR count). The molecular weight excluding hydrogens is 340 g/mol. The lowest BCUT2D eigenvalue weighted by Crippen LogP contribution is -2.39. The highest BCUT2D eigenvalue weighted by atomic mass is 32.1. The van der Waals surface area contributed by atoms with Gasteiger partial charge in [0.05, 0.1) is 36.8 Å². The Balaban J connectivity index is 1.99. The van der Waals surface area contributed by atoms with E-state index in [4.69, 9.17) is 9.47 Å². The standard InChI is InChI=1S/C18H28N2O4S/c1-18(2,3)17-19-13(12-25-17)10-15(21)20(8-7-16(22)23-4)11-14-6-5-9-24-14/h12,14H,5-11H2,1-4H3. The zero-order valence-electron chi connectivity index (χ0n) is 15.5. The van der Waals surface area contributed by atoms with Gasteiger partial charge in [-0.1, -0.05) is 20.8 Å². The van der Waals surface area contributed by atoms with Crippen LogP contribution in [0, 0.1) is 0 Å². The van der Waals surface area contributed by atoms with Gasteiger partial charge >= 0.3 is 5.97 Å². The number of rotatable bonds is 7. The van der Waals surface area contributed by atoms with E-state index in [-0.39, 0.29) is 36.2 Å². The van der Waals surface area contributed by atoms with Crippen molar-refractivity contribution < 1.29 is 19.1 Å². The van der Waals surface area contributed by atoms with Gasteiger partial charge in [0.1, 0.15) is 0 Å². The number of aromatic nitrogens is 1. The predicted molar refractivity (Wildman–Crippen MR) is 96.7 cm³/mol. The fourth-order valence-electron chi connectivity index (χ4n) is 2.68. The van der Waals surface area contributed by atoms with Gasteiger partial charge in [0, 0.05) is 30.5 Å². The third-order valence-corrected chi connectivity index (χ3v) is 5.46. The van der Waals surface area contributed by atoms with Crippen molar-refractivity contribution in [1.82, 2.24) is 9.88 Å². The van der Waals surface area contributed by atoms with Crippen LogP contribution in [0.5, 0.6) is 0 Å². The molecule has 0 aliphatic carbocycles. The van der Waals surface area contributed by atoms with E-state index >= 15 is 0 Å². The van der Waals surface area contributed by atoms with Crippen LogP contribution in [0.1, 0.15) is 50.7 Å². The molecule has 25 heavy (non-hydrogen) atoms. The number of thiazole rings is 1. The second-order valence-corrected chi connectivity index (χ2v) is 8.23. The zero-order valence-corrected chi connectivity index (χ0v) is 16.4. The maximum atomic E-state index is 12.7. The molecule has 1 atom stereocenters. The molecule has 1 aliphatic heterocycles. The zero-order chi connectivity index (χ0) is 18.4. The molecule has 1 aromatic heterocycles. The molecule has 0 aromatic carbocycles. The number of carbonyl (C=O) groups is 2. The third-order valence-electron chi connectivity index (χ3n) is 4.14. The summed E-state index contributed by atoms with van der Waals surface area (Å²) in [4.78, 5) is 30.5. The maximum absolute atomic E-state index is 12.7. The van der Waals surface area contributed by atoms with Gasteiger partial charge in [-0.2, -0.15) is 0 Å². The Kier molecular flexibility index (Phi) is 6.95. The Morgan fingerprint density at radius 3 is 2.76 bits per heavy atom. The number of methoxy groups -OCH3 is 1. The Morgan fingerprint density at radius 2 is 2.20 bits per heavy atom. The summed E-state index contributed by atoms with van der Waals surface area (Å²) in [6, 6.07) is 0. The molecule has 0 spiro atoms. The fourth-order valence-corrected chi connectivity index (χ4v) is 3.59. The highest BCUT2D eigenvalue weighted by molar-refractivity contribution is 7.09. The molecule has 7 heteroatoms. The van der Waals surface area contributed by atoms with Crippen molar-refractivity contribution in [2.45, 2.75) is 58.0 Å². The van der Waals surface area contributed by atoms with E-state index in [2.05, 4.69) is 25.8 Å². The number of esters is 1. The molecule has 140 valence electrons. The van der Waals surface area contributed by atoms with Crippen LogP contribution in [-0.4, -0.2) is 54.7 Å². The molecule has 1 aliphatic rings. The Morgan fingerprint density at radius 1 is 1.44 bits per heavy atom. The van der Waals surface area contributed by atoms with Gasteiger partial charge in [-0.3, -0.25) is 9.59 Å². The summed E-state index contributed by atoms with van der Waals surface area (Å²) in [6.45, 7) is 7.94. The van der Waals surface area contributed by atoms with Crippen molar-refractivity contribution in [3.63, 3.8) is 0 Å². The third kappa shape index (κ3) is 6.08. The first kappa shape index (κ1) is 19.8. The van der Waals surface area contributed by atoms with Crippen molar-refractivity contribution in [2.75, 3.05) is 26.8 Å². The van der Waals surface area contributed by atoms with E-state index in [9.17, 15) is 9.59 Å². The van der Waals surface area contributed by atoms with Gasteiger partial charge in [0.25, 0.3) is 0 Å². The quantitative estimate of drug-likeness (QED) is 0.692. The van der Waals surface area contributed by atoms with Crippen LogP contribution in [0.25, 0.3) is 0 Å². The van der Waals surface area contributed by atoms with E-state index in [1.807, 2.05) is 5.38 Å². The van der Waals surface area contributed by atoms with Crippen LogP contribution < -0.4 is 0 Å². The minimum absolute atomic E-state index is 0.0196. The second-order valence-electron chi connectivity index (χ2n) is 7.37. The fraction of sp³-hybridized carbons (Fsp3) is 0.722. The summed E-state index contributed by atoms with van der Waals surface area (Å²) in [5.41, 5.74) is 0.768. The minimum atomic E-state index is -0.311. The van der Waals surface area contributed by atoms with Gasteiger partial charge in [0.15, 0.2) is 0 Å². The number of nitrogens with zero attached hydrogens (tertiary/aromatic N) is 2. The van der Waals surface area contributed by atoms with Gasteiger partial charge in [-0.05, 0) is 12.8 Å². The Bertz CT molecular complexity index is 588. The Hall–Kier alpha value is -1.47. The number of hydrogen-bond acceptors (Lipinski definition) is 6. The van der Waals surface area contributed by atoms with Crippen LogP contribution in [0.3, 0.4) is 0 Å². The molecule has 1 saturated heterocycles. The molecular formula is C18H28N2O4S. The molecule has 0 N–H and O–H groups in total. The van der Waals surface area contributed by atoms with Crippen LogP contribution in [0.2, 0.25) is 0 Å². The first-order valence-electron chi connectivity index (χ1n) is 8.70. The number of hydrogen-bond donors (Lipinski definition) is 0. The number of ether oxygens (including phenoxy) is 2. The lowest BCUT2D eigenvalue weighted by molar-refractivity contribution is -0.142. The van der Waals surface area contributed by atoms with Crippen LogP contribution in [0.4, 0.5) is 0 Å². The predicted octanol–water partition coefficient (Wildman–Crippen LogP) is 2.55. The summed E-state index contributed by atoms with van der Waals surface area (Å²) < 4.78 is 10.3. The topological polar surface area (TPSA) is 68.7 Å². The number of amides is 1. The van der Waals surface area contributed by atoms with Crippen LogP contribution in [0.15, 0.2) is 5.38 Å². The maximum Gasteiger partial charge on any atom is 0.307 e. The average Bonchev–Trinajstić information content (AvgIpc) is 3.21. The first-order chi connectivity index (χ1) is 11.8. The smallest absolute Gasteiger partial charge is 0.307 e. The van der Waals surface area contributed by atoms with E-state index in [1.54, 1.807) is 16.2 Å². The van der Waals surface area contributed by atoms with Crippen molar-refractivity contribution in [3.8, 4) is 0 Å². The molecule has 1 aromatic rings. The van der Waals surface area contributed by atoms with Crippen molar-refractivity contribution in [1.29, 1.82) is 0 Å². The summed E-state index contributed by atoms with van der Waals surface area (Å²) in [6.07, 6.45) is 2.47. The highest BCUT2D eigenvalue weighted by Crippen LogP contribution is 2.26. The number of carbonyl (C=O) groups excluding carboxylic acids is 2. The lowest BCUT2D eigenvalue weighted by atomic mass is 9.98. The van der Waals surface area contributed by atoms with Crippen molar-refractivity contribution in [2.24, 2.45) is 0 Å². The van der Waals surface area contributed by atoms with E-state index < -0.39 is 0 Å². The Labute approximate surface area is 153 Å². The van der Waals surface area contributed by atoms with Crippen molar-refractivity contribution >= 4 is 23.2 Å². The monoisotopic (exact) mass is 368 g/mol. The van der Waals surface area contributed by atoms with Gasteiger partial charge < -0.3 is 14.4 Å². The second kappa shape index (κ2) is 8.76. The van der Waals surface area contributed by atoms with Gasteiger partial charge in [0.2, 0.25) is 5.91 Å². The molecule has 0 bridgehead atoms. The molecule has 6 nitrogen and oxygen atoms in total. The molecule has 0 saturated carbocycles. The molecule has 1 amide bonds. The minimum Gasteiger partial charge on any atom is -0.469 e. The highest BCUT2D eigenvalue weighted by Gasteiger charge is 2.25. The SMILES string of the molecule is COC(=O)CCN(CC1CCCO1)C(=O)Cc1csc(C(C)(C)C)n1. The largest absolute Gasteiger partial charge is 0.469 e. The average molecular weight is 368 g/mol. The molecule has 0 radical (unpaired) electrons. The lowest BCUT2D eigenvalue weighted by Gasteiger charge is -2.25. The van der Waals surface area contributed by atoms with E-state index in [0.717, 1.165) is 30.2 Å². The van der Waals surface area contributed by atoms with Crippen LogP contribution >= 0.6 is 11.3 Å². The molecule has 1 unspecified atom stereocenters. The summed E-state index contributed by atoms with van der Waals surface area (Å²) in [5, 5.41) is 2.97. The first-order valence-corrected chi connectivity index (χ1v) is 9.58. The van der Waals surface area contributed by atoms with Crippen LogP contribution in [-0.2, 0) is 30.9 Å². The molecule has 1 fully saturated rings. The normalized spacial score (nSPS) is 17.5. The van der Waals surface area contributed by atoms with E-state index in [1.165, 1.54) is 7.11 Å². The summed E-state index contributed by atoms with van der Waals surface area (Å²) in [7, 11) is 1.36. The van der Waals surface area contributed by atoms with Gasteiger partial charge in [-0.15, -0.1) is 11.3 Å². The summed E-state index contributed by atoms with van der Waals surface area (Å²) in [5.74, 6) is -0.334. The van der Waals surface area contributed by atoms with Gasteiger partial charge in [-0.25, -0.2) is 4.98 Å². The summed E-state index contributed by atoms with van der Waals surface area (Å²) >= 11 is 1.58.